The lowest BCUT2D eigenvalue weighted by molar-refractivity contribution is 0.744. The molecule has 0 aliphatic carbocycles. The first-order valence-corrected chi connectivity index (χ1v) is 5.44. The molecule has 1 heterocycles. The minimum absolute atomic E-state index is 0.581. The Kier molecular flexibility index (Phi) is 2.52. The Bertz CT molecular complexity index is 485. The van der Waals surface area contributed by atoms with Crippen LogP contribution in [0.15, 0.2) is 28.7 Å². The smallest absolute Gasteiger partial charge is 0.153 e. The number of hydrogen-bond acceptors (Lipinski definition) is 2. The van der Waals surface area contributed by atoms with Crippen molar-refractivity contribution in [2.24, 2.45) is 7.05 Å². The van der Waals surface area contributed by atoms with Gasteiger partial charge in [-0.3, -0.25) is 4.68 Å². The summed E-state index contributed by atoms with van der Waals surface area (Å²) in [5.41, 5.74) is 9.06. The molecule has 0 unspecified atom stereocenters. The van der Waals surface area contributed by atoms with Gasteiger partial charge in [0.2, 0.25) is 0 Å². The first-order chi connectivity index (χ1) is 7.09. The Hall–Kier alpha value is -1.29. The Morgan fingerprint density at radius 2 is 1.87 bits per heavy atom. The average molecular weight is 266 g/mol. The Morgan fingerprint density at radius 3 is 2.33 bits per heavy atom. The molecule has 2 aromatic rings. The van der Waals surface area contributed by atoms with E-state index in [1.54, 1.807) is 4.68 Å². The van der Waals surface area contributed by atoms with Gasteiger partial charge in [-0.25, -0.2) is 0 Å². The van der Waals surface area contributed by atoms with E-state index in [2.05, 4.69) is 21.0 Å². The number of aryl methyl sites for hydroxylation is 1. The van der Waals surface area contributed by atoms with Gasteiger partial charge in [-0.05, 0) is 24.6 Å². The summed E-state index contributed by atoms with van der Waals surface area (Å²) < 4.78 is 2.86. The van der Waals surface area contributed by atoms with Gasteiger partial charge in [-0.1, -0.05) is 28.1 Å². The Morgan fingerprint density at radius 1 is 1.27 bits per heavy atom. The van der Waals surface area contributed by atoms with Crippen LogP contribution in [0.2, 0.25) is 0 Å². The molecule has 4 heteroatoms. The second-order valence-electron chi connectivity index (χ2n) is 3.48. The number of rotatable bonds is 1. The minimum Gasteiger partial charge on any atom is -0.382 e. The van der Waals surface area contributed by atoms with Gasteiger partial charge in [0.05, 0.1) is 0 Å². The third-order valence-corrected chi connectivity index (χ3v) is 3.02. The summed E-state index contributed by atoms with van der Waals surface area (Å²) in [5, 5.41) is 4.19. The number of anilines is 1. The average Bonchev–Trinajstić information content (AvgIpc) is 2.44. The molecule has 3 nitrogen and oxygen atoms in total. The number of nitrogens with zero attached hydrogens (tertiary/aromatic N) is 2. The predicted octanol–water partition coefficient (Wildman–Crippen LogP) is 2.74. The molecule has 0 aliphatic rings. The monoisotopic (exact) mass is 265 g/mol. The molecule has 0 saturated heterocycles. The zero-order chi connectivity index (χ0) is 11.0. The lowest BCUT2D eigenvalue weighted by Gasteiger charge is -2.01. The van der Waals surface area contributed by atoms with Crippen LogP contribution in [0.25, 0.3) is 11.1 Å². The number of aromatic nitrogens is 2. The van der Waals surface area contributed by atoms with Gasteiger partial charge >= 0.3 is 0 Å². The maximum absolute atomic E-state index is 5.87. The van der Waals surface area contributed by atoms with E-state index in [9.17, 15) is 0 Å². The fraction of sp³-hybridized carbons (Fsp3) is 0.182. The summed E-state index contributed by atoms with van der Waals surface area (Å²) in [7, 11) is 1.90. The molecule has 1 aromatic carbocycles. The number of halogens is 1. The van der Waals surface area contributed by atoms with Crippen LogP contribution in [0.3, 0.4) is 0 Å². The molecule has 2 rings (SSSR count). The maximum atomic E-state index is 5.87. The van der Waals surface area contributed by atoms with Gasteiger partial charge in [0, 0.05) is 22.8 Å². The summed E-state index contributed by atoms with van der Waals surface area (Å²) in [6, 6.07) is 8.07. The molecule has 0 fully saturated rings. The highest BCUT2D eigenvalue weighted by Crippen LogP contribution is 2.29. The number of benzene rings is 1. The summed E-state index contributed by atoms with van der Waals surface area (Å²) in [6.45, 7) is 2.01. The van der Waals surface area contributed by atoms with Crippen LogP contribution in [-0.2, 0) is 7.05 Å². The largest absolute Gasteiger partial charge is 0.382 e. The van der Waals surface area contributed by atoms with Crippen molar-refractivity contribution >= 4 is 21.7 Å². The fourth-order valence-electron chi connectivity index (χ4n) is 1.61. The first-order valence-electron chi connectivity index (χ1n) is 4.64. The van der Waals surface area contributed by atoms with Crippen molar-refractivity contribution in [1.29, 1.82) is 0 Å². The van der Waals surface area contributed by atoms with Crippen LogP contribution < -0.4 is 5.73 Å². The Balaban J connectivity index is 2.58. The standard InChI is InChI=1S/C11H12BrN3/c1-7-10(11(13)14-15(7)2)8-3-5-9(12)6-4-8/h3-6H,1-2H3,(H2,13,14). The van der Waals surface area contributed by atoms with Crippen molar-refractivity contribution in [1.82, 2.24) is 9.78 Å². The van der Waals surface area contributed by atoms with Crippen LogP contribution in [0.1, 0.15) is 5.69 Å². The van der Waals surface area contributed by atoms with Crippen LogP contribution in [0.4, 0.5) is 5.82 Å². The molecule has 78 valence electrons. The van der Waals surface area contributed by atoms with E-state index >= 15 is 0 Å². The van der Waals surface area contributed by atoms with Crippen molar-refractivity contribution in [2.45, 2.75) is 6.92 Å². The second kappa shape index (κ2) is 3.70. The first kappa shape index (κ1) is 10.2. The van der Waals surface area contributed by atoms with E-state index in [0.717, 1.165) is 21.3 Å². The fourth-order valence-corrected chi connectivity index (χ4v) is 1.87. The maximum Gasteiger partial charge on any atom is 0.153 e. The predicted molar refractivity (Wildman–Crippen MR) is 65.5 cm³/mol. The van der Waals surface area contributed by atoms with Crippen molar-refractivity contribution < 1.29 is 0 Å². The molecule has 0 radical (unpaired) electrons. The lowest BCUT2D eigenvalue weighted by Crippen LogP contribution is -1.93. The van der Waals surface area contributed by atoms with Gasteiger partial charge in [0.15, 0.2) is 5.82 Å². The summed E-state index contributed by atoms with van der Waals surface area (Å²) in [4.78, 5) is 0. The summed E-state index contributed by atoms with van der Waals surface area (Å²) in [6.07, 6.45) is 0. The van der Waals surface area contributed by atoms with Gasteiger partial charge in [-0.2, -0.15) is 5.10 Å². The van der Waals surface area contributed by atoms with Crippen molar-refractivity contribution in [3.63, 3.8) is 0 Å². The van der Waals surface area contributed by atoms with Crippen LogP contribution in [0.5, 0.6) is 0 Å². The molecule has 0 bridgehead atoms. The second-order valence-corrected chi connectivity index (χ2v) is 4.39. The highest BCUT2D eigenvalue weighted by Gasteiger charge is 2.11. The van der Waals surface area contributed by atoms with Gasteiger partial charge < -0.3 is 5.73 Å². The van der Waals surface area contributed by atoms with Gasteiger partial charge in [0.25, 0.3) is 0 Å². The molecule has 1 aromatic heterocycles. The Labute approximate surface area is 97.0 Å². The quantitative estimate of drug-likeness (QED) is 0.862. The highest BCUT2D eigenvalue weighted by molar-refractivity contribution is 9.10. The van der Waals surface area contributed by atoms with E-state index in [4.69, 9.17) is 5.73 Å². The summed E-state index contributed by atoms with van der Waals surface area (Å²) in [5.74, 6) is 0.581. The molecule has 0 saturated carbocycles. The third-order valence-electron chi connectivity index (χ3n) is 2.49. The number of nitrogens with two attached hydrogens (primary N) is 1. The molecular formula is C11H12BrN3. The number of hydrogen-bond donors (Lipinski definition) is 1. The molecule has 0 amide bonds. The van der Waals surface area contributed by atoms with Gasteiger partial charge in [0.1, 0.15) is 0 Å². The van der Waals surface area contributed by atoms with E-state index in [1.165, 1.54) is 0 Å². The number of nitrogen functional groups attached to an aromatic ring is 1. The normalized spacial score (nSPS) is 10.6. The molecule has 2 N–H and O–H groups in total. The highest BCUT2D eigenvalue weighted by atomic mass is 79.9. The van der Waals surface area contributed by atoms with Gasteiger partial charge in [-0.15, -0.1) is 0 Å². The molecule has 0 aliphatic heterocycles. The lowest BCUT2D eigenvalue weighted by atomic mass is 10.1. The molecule has 15 heavy (non-hydrogen) atoms. The van der Waals surface area contributed by atoms with E-state index in [1.807, 2.05) is 38.2 Å². The zero-order valence-corrected chi connectivity index (χ0v) is 10.2. The molecular weight excluding hydrogens is 254 g/mol. The van der Waals surface area contributed by atoms with Crippen LogP contribution in [-0.4, -0.2) is 9.78 Å². The van der Waals surface area contributed by atoms with E-state index < -0.39 is 0 Å². The van der Waals surface area contributed by atoms with Crippen molar-refractivity contribution in [3.8, 4) is 11.1 Å². The van der Waals surface area contributed by atoms with Crippen molar-refractivity contribution in [3.05, 3.63) is 34.4 Å². The van der Waals surface area contributed by atoms with E-state index in [-0.39, 0.29) is 0 Å². The van der Waals surface area contributed by atoms with Crippen molar-refractivity contribution in [2.75, 3.05) is 5.73 Å². The molecule has 0 spiro atoms. The van der Waals surface area contributed by atoms with E-state index in [0.29, 0.717) is 5.82 Å². The zero-order valence-electron chi connectivity index (χ0n) is 8.66. The third kappa shape index (κ3) is 1.77. The minimum atomic E-state index is 0.581. The molecule has 0 atom stereocenters. The topological polar surface area (TPSA) is 43.8 Å². The van der Waals surface area contributed by atoms with Crippen LogP contribution in [0, 0.1) is 6.92 Å². The summed E-state index contributed by atoms with van der Waals surface area (Å²) >= 11 is 3.41. The van der Waals surface area contributed by atoms with Crippen LogP contribution >= 0.6 is 15.9 Å². The SMILES string of the molecule is Cc1c(-c2ccc(Br)cc2)c(N)nn1C.